The van der Waals surface area contributed by atoms with Crippen molar-refractivity contribution in [2.75, 3.05) is 6.61 Å². The zero-order valence-electron chi connectivity index (χ0n) is 16.5. The molecular weight excluding hydrogens is 463 g/mol. The minimum Gasteiger partial charge on any atom is -1.00 e. The summed E-state index contributed by atoms with van der Waals surface area (Å²) in [5, 5.41) is 0. The van der Waals surface area contributed by atoms with Gasteiger partial charge >= 0.3 is 153 Å². The van der Waals surface area contributed by atoms with Gasteiger partial charge in [0.05, 0.1) is 0 Å². The van der Waals surface area contributed by atoms with E-state index in [0.717, 1.165) is 6.61 Å². The first-order chi connectivity index (χ1) is 10.7. The quantitative estimate of drug-likeness (QED) is 0.438. The predicted molar refractivity (Wildman–Crippen MR) is 106 cm³/mol. The smallest absolute Gasteiger partial charge is 1.00 e. The van der Waals surface area contributed by atoms with Gasteiger partial charge in [-0.05, 0) is 0 Å². The van der Waals surface area contributed by atoms with Crippen molar-refractivity contribution in [3.63, 3.8) is 0 Å². The van der Waals surface area contributed by atoms with E-state index in [-0.39, 0.29) is 24.8 Å². The molecule has 25 heavy (non-hydrogen) atoms. The fourth-order valence-electron chi connectivity index (χ4n) is 3.09. The van der Waals surface area contributed by atoms with E-state index in [0.29, 0.717) is 0 Å². The Morgan fingerprint density at radius 3 is 1.80 bits per heavy atom. The second-order valence-electron chi connectivity index (χ2n) is 8.24. The molecule has 0 saturated carbocycles. The van der Waals surface area contributed by atoms with Crippen LogP contribution in [0.4, 0.5) is 0 Å². The molecule has 2 rings (SSSR count). The predicted octanol–water partition coefficient (Wildman–Crippen LogP) is -0.408. The van der Waals surface area contributed by atoms with Crippen LogP contribution in [0.25, 0.3) is 0 Å². The molecule has 140 valence electrons. The molecule has 0 atom stereocenters. The van der Waals surface area contributed by atoms with Gasteiger partial charge in [0.2, 0.25) is 0 Å². The minimum absolute atomic E-state index is 0. The van der Waals surface area contributed by atoms with E-state index in [1.165, 1.54) is 18.9 Å². The van der Waals surface area contributed by atoms with E-state index in [4.69, 9.17) is 4.43 Å². The van der Waals surface area contributed by atoms with Crippen LogP contribution in [0.5, 0.6) is 0 Å². The summed E-state index contributed by atoms with van der Waals surface area (Å²) in [5.74, 6) is 0. The van der Waals surface area contributed by atoms with Crippen molar-refractivity contribution in [2.24, 2.45) is 0 Å². The zero-order chi connectivity index (χ0) is 17.1. The Morgan fingerprint density at radius 1 is 0.960 bits per heavy atom. The second-order valence-corrected chi connectivity index (χ2v) is 25.8. The van der Waals surface area contributed by atoms with Crippen LogP contribution in [-0.2, 0) is 25.7 Å². The molecule has 0 aromatic carbocycles. The number of hydrogen-bond acceptors (Lipinski definition) is 1. The van der Waals surface area contributed by atoms with Crippen molar-refractivity contribution in [1.29, 1.82) is 0 Å². The van der Waals surface area contributed by atoms with Gasteiger partial charge in [0.15, 0.2) is 0 Å². The summed E-state index contributed by atoms with van der Waals surface area (Å²) >= 11 is -1.80. The Labute approximate surface area is 176 Å². The number of halogens is 2. The standard InChI is InChI=1S/C9H22OSi2.2C5H5.2ClH.Zr/c1-7-12(5,6)9-8-10-11(2,3)4;2*1-2-4-5-3-1;;;/h8-9H2,1-6H3;2*1-3H,4H2;2*1H;/q;;;;;+2/p-2. The molecule has 0 spiro atoms. The number of hydrogen-bond donors (Lipinski definition) is 0. The largest absolute Gasteiger partial charge is 1.00 e. The number of rotatable bonds is 7. The summed E-state index contributed by atoms with van der Waals surface area (Å²) in [4.78, 5) is 0. The summed E-state index contributed by atoms with van der Waals surface area (Å²) in [6.07, 6.45) is 16.5. The normalized spacial score (nSPS) is 15.7. The van der Waals surface area contributed by atoms with E-state index in [2.05, 4.69) is 76.1 Å². The average Bonchev–Trinajstić information content (AvgIpc) is 3.10. The molecular formula is C19H32Cl2OSi2Zr. The Bertz CT molecular complexity index is 579. The Morgan fingerprint density at radius 2 is 1.44 bits per heavy atom. The van der Waals surface area contributed by atoms with Gasteiger partial charge in [-0.3, -0.25) is 0 Å². The molecule has 1 nitrogen and oxygen atoms in total. The van der Waals surface area contributed by atoms with Crippen molar-refractivity contribution in [3.8, 4) is 0 Å². The Hall–Kier alpha value is 0.687. The average molecular weight is 495 g/mol. The van der Waals surface area contributed by atoms with Gasteiger partial charge < -0.3 is 24.8 Å². The van der Waals surface area contributed by atoms with Gasteiger partial charge in [-0.1, -0.05) is 0 Å². The molecule has 0 fully saturated rings. The van der Waals surface area contributed by atoms with Gasteiger partial charge in [0.1, 0.15) is 0 Å². The van der Waals surface area contributed by atoms with E-state index < -0.39 is 37.7 Å². The molecule has 0 aliphatic heterocycles. The molecule has 0 aromatic heterocycles. The summed E-state index contributed by atoms with van der Waals surface area (Å²) < 4.78 is 11.7. The van der Waals surface area contributed by atoms with Crippen LogP contribution < -0.4 is 24.8 Å². The topological polar surface area (TPSA) is 9.23 Å². The van der Waals surface area contributed by atoms with Crippen LogP contribution in [-0.4, -0.2) is 25.8 Å². The van der Waals surface area contributed by atoms with Gasteiger partial charge in [-0.2, -0.15) is 0 Å². The third kappa shape index (κ3) is 7.68. The molecule has 2 aliphatic rings. The Balaban J connectivity index is 0.00000288. The third-order valence-electron chi connectivity index (χ3n) is 4.84. The Kier molecular flexibility index (Phi) is 11.2. The first-order valence-electron chi connectivity index (χ1n) is 8.78. The van der Waals surface area contributed by atoms with E-state index >= 15 is 0 Å². The fraction of sp³-hybridized carbons (Fsp3) is 0.526. The summed E-state index contributed by atoms with van der Waals surface area (Å²) in [7, 11) is -2.72. The van der Waals surface area contributed by atoms with Crippen molar-refractivity contribution in [1.82, 2.24) is 0 Å². The summed E-state index contributed by atoms with van der Waals surface area (Å²) in [6, 6.07) is 1.29. The molecule has 0 heterocycles. The van der Waals surface area contributed by atoms with Crippen LogP contribution >= 0.6 is 0 Å². The third-order valence-corrected chi connectivity index (χ3v) is 22.7. The van der Waals surface area contributed by atoms with Crippen molar-refractivity contribution < 1.29 is 50.5 Å². The monoisotopic (exact) mass is 492 g/mol. The van der Waals surface area contributed by atoms with Gasteiger partial charge in [0.25, 0.3) is 0 Å². The SMILES string of the molecule is C[C](=[Zr+2]([C]1=CC=CC1)[C]1=CC=CC1)[Si](C)(C)CCO[Si](C)(C)C.[Cl-].[Cl-]. The van der Waals surface area contributed by atoms with E-state index in [1.54, 1.807) is 6.56 Å². The van der Waals surface area contributed by atoms with E-state index in [1.807, 2.05) is 2.83 Å². The molecule has 0 saturated heterocycles. The maximum atomic E-state index is 6.17. The zero-order valence-corrected chi connectivity index (χ0v) is 22.4. The molecule has 6 heteroatoms. The molecule has 0 unspecified atom stereocenters. The van der Waals surface area contributed by atoms with Gasteiger partial charge in [-0.25, -0.2) is 0 Å². The maximum absolute atomic E-state index is 6.17. The van der Waals surface area contributed by atoms with Gasteiger partial charge in [0, 0.05) is 0 Å². The summed E-state index contributed by atoms with van der Waals surface area (Å²) in [6.45, 7) is 15.5. The second kappa shape index (κ2) is 10.9. The van der Waals surface area contributed by atoms with Crippen molar-refractivity contribution in [3.05, 3.63) is 43.0 Å². The molecule has 0 aromatic rings. The number of allylic oxidation sites excluding steroid dienone is 8. The van der Waals surface area contributed by atoms with Crippen LogP contribution in [0.2, 0.25) is 38.8 Å². The molecule has 2 aliphatic carbocycles. The van der Waals surface area contributed by atoms with Crippen LogP contribution in [0.15, 0.2) is 43.0 Å². The maximum Gasteiger partial charge on any atom is -1.00 e. The summed E-state index contributed by atoms with van der Waals surface area (Å²) in [5.41, 5.74) is 0. The van der Waals surface area contributed by atoms with Crippen LogP contribution in [0.1, 0.15) is 19.8 Å². The van der Waals surface area contributed by atoms with Crippen molar-refractivity contribution in [2.45, 2.75) is 58.5 Å². The first kappa shape index (κ1) is 25.7. The van der Waals surface area contributed by atoms with Crippen LogP contribution in [0.3, 0.4) is 0 Å². The van der Waals surface area contributed by atoms with Crippen LogP contribution in [0, 0.1) is 0 Å². The molecule has 0 radical (unpaired) electrons. The molecule has 0 amide bonds. The molecule has 0 bridgehead atoms. The fourth-order valence-corrected chi connectivity index (χ4v) is 19.7. The molecule has 0 N–H and O–H groups in total. The minimum atomic E-state index is -1.80. The first-order valence-corrected chi connectivity index (χ1v) is 19.1. The van der Waals surface area contributed by atoms with E-state index in [9.17, 15) is 0 Å². The van der Waals surface area contributed by atoms with Gasteiger partial charge in [-0.15, -0.1) is 0 Å². The van der Waals surface area contributed by atoms with Crippen molar-refractivity contribution >= 4 is 19.2 Å².